The van der Waals surface area contributed by atoms with E-state index < -0.39 is 0 Å². The molecule has 0 aromatic heterocycles. The second kappa shape index (κ2) is 4.37. The van der Waals surface area contributed by atoms with E-state index in [2.05, 4.69) is 25.1 Å². The normalized spacial score (nSPS) is 16.7. The van der Waals surface area contributed by atoms with Crippen LogP contribution in [0.15, 0.2) is 23.1 Å². The van der Waals surface area contributed by atoms with E-state index in [1.807, 2.05) is 11.8 Å². The van der Waals surface area contributed by atoms with Crippen molar-refractivity contribution in [3.8, 4) is 0 Å². The van der Waals surface area contributed by atoms with Gasteiger partial charge in [0.15, 0.2) is 0 Å². The summed E-state index contributed by atoms with van der Waals surface area (Å²) in [5, 5.41) is 0. The van der Waals surface area contributed by atoms with Crippen LogP contribution in [-0.4, -0.2) is 12.3 Å². The summed E-state index contributed by atoms with van der Waals surface area (Å²) in [6.07, 6.45) is 2.36. The van der Waals surface area contributed by atoms with Crippen molar-refractivity contribution < 1.29 is 0 Å². The average molecular weight is 207 g/mol. The Kier molecular flexibility index (Phi) is 3.14. The average Bonchev–Trinajstić information content (AvgIpc) is 2.64. The molecule has 0 saturated carbocycles. The summed E-state index contributed by atoms with van der Waals surface area (Å²) >= 11 is 1.98. The molecule has 2 rings (SSSR count). The molecule has 0 bridgehead atoms. The smallest absolute Gasteiger partial charge is 0.0105 e. The Bertz CT molecular complexity index is 322. The predicted molar refractivity (Wildman–Crippen MR) is 62.8 cm³/mol. The largest absolute Gasteiger partial charge is 0.330 e. The Balaban J connectivity index is 2.12. The summed E-state index contributed by atoms with van der Waals surface area (Å²) < 4.78 is 0. The third-order valence-corrected chi connectivity index (χ3v) is 3.86. The van der Waals surface area contributed by atoms with Gasteiger partial charge in [0.2, 0.25) is 0 Å². The molecule has 2 heteroatoms. The van der Waals surface area contributed by atoms with Crippen molar-refractivity contribution in [3.63, 3.8) is 0 Å². The van der Waals surface area contributed by atoms with Crippen LogP contribution in [0.4, 0.5) is 0 Å². The number of rotatable bonds is 3. The van der Waals surface area contributed by atoms with Gasteiger partial charge in [0.05, 0.1) is 0 Å². The van der Waals surface area contributed by atoms with Gasteiger partial charge in [-0.3, -0.25) is 0 Å². The first-order chi connectivity index (χ1) is 6.79. The molecule has 0 aliphatic carbocycles. The maximum atomic E-state index is 5.63. The number of hydrogen-bond donors (Lipinski definition) is 1. The minimum atomic E-state index is 0.599. The maximum Gasteiger partial charge on any atom is 0.0105 e. The quantitative estimate of drug-likeness (QED) is 0.824. The standard InChI is InChI=1S/C12H17NS/c1-9(8-13)6-10-2-3-12-11(7-10)4-5-14-12/h2-3,7,9H,4-6,8,13H2,1H3. The SMILES string of the molecule is CC(CN)Cc1ccc2c(c1)CCS2. The molecule has 76 valence electrons. The molecule has 1 unspecified atom stereocenters. The second-order valence-corrected chi connectivity index (χ2v) is 5.22. The van der Waals surface area contributed by atoms with E-state index in [-0.39, 0.29) is 0 Å². The lowest BCUT2D eigenvalue weighted by molar-refractivity contribution is 0.592. The van der Waals surface area contributed by atoms with Crippen LogP contribution in [0, 0.1) is 5.92 Å². The number of hydrogen-bond acceptors (Lipinski definition) is 2. The lowest BCUT2D eigenvalue weighted by Crippen LogP contribution is -2.13. The molecule has 1 aliphatic heterocycles. The summed E-state index contributed by atoms with van der Waals surface area (Å²) in [6.45, 7) is 2.99. The first kappa shape index (κ1) is 10.1. The molecule has 0 amide bonds. The summed E-state index contributed by atoms with van der Waals surface area (Å²) in [5.41, 5.74) is 8.62. The van der Waals surface area contributed by atoms with Gasteiger partial charge >= 0.3 is 0 Å². The summed E-state index contributed by atoms with van der Waals surface area (Å²) in [4.78, 5) is 1.48. The monoisotopic (exact) mass is 207 g/mol. The van der Waals surface area contributed by atoms with Gasteiger partial charge < -0.3 is 5.73 Å². The predicted octanol–water partition coefficient (Wildman–Crippen LogP) is 2.47. The Morgan fingerprint density at radius 2 is 2.36 bits per heavy atom. The van der Waals surface area contributed by atoms with Gasteiger partial charge in [0.1, 0.15) is 0 Å². The Labute approximate surface area is 90.1 Å². The lowest BCUT2D eigenvalue weighted by atomic mass is 9.99. The molecule has 0 radical (unpaired) electrons. The molecule has 1 nitrogen and oxygen atoms in total. The summed E-state index contributed by atoms with van der Waals surface area (Å²) in [6, 6.07) is 6.89. The molecule has 1 aromatic rings. The highest BCUT2D eigenvalue weighted by Gasteiger charge is 2.11. The fourth-order valence-electron chi connectivity index (χ4n) is 1.85. The maximum absolute atomic E-state index is 5.63. The molecule has 2 N–H and O–H groups in total. The first-order valence-corrected chi connectivity index (χ1v) is 6.23. The Morgan fingerprint density at radius 1 is 1.50 bits per heavy atom. The van der Waals surface area contributed by atoms with E-state index in [0.717, 1.165) is 13.0 Å². The number of nitrogens with two attached hydrogens (primary N) is 1. The van der Waals surface area contributed by atoms with Crippen molar-refractivity contribution in [2.75, 3.05) is 12.3 Å². The van der Waals surface area contributed by atoms with Crippen molar-refractivity contribution in [2.45, 2.75) is 24.7 Å². The molecule has 0 saturated heterocycles. The zero-order valence-electron chi connectivity index (χ0n) is 8.62. The van der Waals surface area contributed by atoms with E-state index in [9.17, 15) is 0 Å². The molecule has 0 spiro atoms. The van der Waals surface area contributed by atoms with Gasteiger partial charge in [-0.2, -0.15) is 0 Å². The van der Waals surface area contributed by atoms with E-state index in [1.54, 1.807) is 0 Å². The van der Waals surface area contributed by atoms with Crippen molar-refractivity contribution in [2.24, 2.45) is 11.7 Å². The molecule has 1 aliphatic rings. The molecular formula is C12H17NS. The van der Waals surface area contributed by atoms with Gasteiger partial charge in [0.25, 0.3) is 0 Å². The topological polar surface area (TPSA) is 26.0 Å². The van der Waals surface area contributed by atoms with Crippen LogP contribution in [0.1, 0.15) is 18.1 Å². The van der Waals surface area contributed by atoms with Gasteiger partial charge in [-0.15, -0.1) is 11.8 Å². The van der Waals surface area contributed by atoms with Gasteiger partial charge in [-0.25, -0.2) is 0 Å². The van der Waals surface area contributed by atoms with Gasteiger partial charge in [0, 0.05) is 10.6 Å². The molecular weight excluding hydrogens is 190 g/mol. The third-order valence-electron chi connectivity index (χ3n) is 2.74. The van der Waals surface area contributed by atoms with Gasteiger partial charge in [-0.1, -0.05) is 19.1 Å². The van der Waals surface area contributed by atoms with E-state index in [0.29, 0.717) is 5.92 Å². The fraction of sp³-hybridized carbons (Fsp3) is 0.500. The molecule has 1 atom stereocenters. The fourth-order valence-corrected chi connectivity index (χ4v) is 2.91. The first-order valence-electron chi connectivity index (χ1n) is 5.24. The van der Waals surface area contributed by atoms with Crippen molar-refractivity contribution in [1.29, 1.82) is 0 Å². The highest BCUT2D eigenvalue weighted by Crippen LogP contribution is 2.31. The number of aryl methyl sites for hydroxylation is 1. The van der Waals surface area contributed by atoms with Crippen LogP contribution >= 0.6 is 11.8 Å². The highest BCUT2D eigenvalue weighted by atomic mass is 32.2. The van der Waals surface area contributed by atoms with Crippen molar-refractivity contribution >= 4 is 11.8 Å². The van der Waals surface area contributed by atoms with Crippen molar-refractivity contribution in [3.05, 3.63) is 29.3 Å². The van der Waals surface area contributed by atoms with E-state index >= 15 is 0 Å². The van der Waals surface area contributed by atoms with Gasteiger partial charge in [-0.05, 0) is 42.5 Å². The van der Waals surface area contributed by atoms with Crippen LogP contribution in [-0.2, 0) is 12.8 Å². The molecule has 0 fully saturated rings. The summed E-state index contributed by atoms with van der Waals surface area (Å²) in [5.74, 6) is 1.85. The zero-order chi connectivity index (χ0) is 9.97. The van der Waals surface area contributed by atoms with Crippen LogP contribution in [0.2, 0.25) is 0 Å². The Hall–Kier alpha value is -0.470. The number of benzene rings is 1. The summed E-state index contributed by atoms with van der Waals surface area (Å²) in [7, 11) is 0. The molecule has 14 heavy (non-hydrogen) atoms. The minimum absolute atomic E-state index is 0.599. The van der Waals surface area contributed by atoms with Crippen LogP contribution < -0.4 is 5.73 Å². The second-order valence-electron chi connectivity index (χ2n) is 4.09. The van der Waals surface area contributed by atoms with E-state index in [1.165, 1.54) is 28.2 Å². The van der Waals surface area contributed by atoms with Crippen LogP contribution in [0.25, 0.3) is 0 Å². The number of fused-ring (bicyclic) bond motifs is 1. The number of thioether (sulfide) groups is 1. The van der Waals surface area contributed by atoms with Crippen LogP contribution in [0.3, 0.4) is 0 Å². The molecule has 1 aromatic carbocycles. The minimum Gasteiger partial charge on any atom is -0.330 e. The van der Waals surface area contributed by atoms with E-state index in [4.69, 9.17) is 5.73 Å². The highest BCUT2D eigenvalue weighted by molar-refractivity contribution is 7.99. The van der Waals surface area contributed by atoms with Crippen molar-refractivity contribution in [1.82, 2.24) is 0 Å². The molecule has 1 heterocycles. The zero-order valence-corrected chi connectivity index (χ0v) is 9.44. The Morgan fingerprint density at radius 3 is 3.14 bits per heavy atom. The lowest BCUT2D eigenvalue weighted by Gasteiger charge is -2.09. The van der Waals surface area contributed by atoms with Crippen LogP contribution in [0.5, 0.6) is 0 Å². The third kappa shape index (κ3) is 2.12.